The van der Waals surface area contributed by atoms with Gasteiger partial charge in [-0.25, -0.2) is 4.79 Å². The molecule has 1 rings (SSSR count). The number of hydrogen-bond acceptors (Lipinski definition) is 4. The molecule has 1 heterocycles. The van der Waals surface area contributed by atoms with Crippen molar-refractivity contribution in [2.24, 2.45) is 5.73 Å². The van der Waals surface area contributed by atoms with Crippen LogP contribution in [0, 0.1) is 0 Å². The molecule has 1 aromatic heterocycles. The third-order valence-corrected chi connectivity index (χ3v) is 2.17. The Kier molecular flexibility index (Phi) is 4.07. The number of primary amides is 1. The maximum Gasteiger partial charge on any atom is 0.339 e. The van der Waals surface area contributed by atoms with E-state index in [9.17, 15) is 9.59 Å². The minimum atomic E-state index is -1.04. The SMILES string of the molecule is CCN(CC(N)=O)Cc1occc1C(=O)O. The Hall–Kier alpha value is -1.82. The van der Waals surface area contributed by atoms with Crippen LogP contribution in [0.5, 0.6) is 0 Å². The minimum Gasteiger partial charge on any atom is -0.478 e. The van der Waals surface area contributed by atoms with Gasteiger partial charge in [-0.3, -0.25) is 9.69 Å². The molecular formula is C10H14N2O4. The lowest BCUT2D eigenvalue weighted by Crippen LogP contribution is -2.33. The highest BCUT2D eigenvalue weighted by Crippen LogP contribution is 2.13. The molecule has 1 aromatic rings. The van der Waals surface area contributed by atoms with Gasteiger partial charge in [0.05, 0.1) is 19.4 Å². The number of rotatable bonds is 6. The highest BCUT2D eigenvalue weighted by molar-refractivity contribution is 5.88. The molecule has 0 saturated carbocycles. The number of nitrogens with zero attached hydrogens (tertiary/aromatic N) is 1. The van der Waals surface area contributed by atoms with Gasteiger partial charge in [-0.15, -0.1) is 0 Å². The van der Waals surface area contributed by atoms with Crippen LogP contribution in [0.4, 0.5) is 0 Å². The van der Waals surface area contributed by atoms with E-state index in [0.717, 1.165) is 0 Å². The number of hydrogen-bond donors (Lipinski definition) is 2. The summed E-state index contributed by atoms with van der Waals surface area (Å²) in [6.45, 7) is 2.78. The number of carboxylic acid groups (broad SMARTS) is 1. The van der Waals surface area contributed by atoms with Gasteiger partial charge in [0.1, 0.15) is 11.3 Å². The number of likely N-dealkylation sites (N-methyl/N-ethyl adjacent to an activating group) is 1. The van der Waals surface area contributed by atoms with Gasteiger partial charge in [0, 0.05) is 0 Å². The number of nitrogens with two attached hydrogens (primary N) is 1. The average molecular weight is 226 g/mol. The number of furan rings is 1. The number of carbonyl (C=O) groups is 2. The molecule has 0 unspecified atom stereocenters. The third kappa shape index (κ3) is 3.09. The fraction of sp³-hybridized carbons (Fsp3) is 0.400. The molecule has 0 atom stereocenters. The first kappa shape index (κ1) is 12.3. The second-order valence-electron chi connectivity index (χ2n) is 3.33. The Bertz CT molecular complexity index is 386. The molecule has 0 saturated heterocycles. The van der Waals surface area contributed by atoms with E-state index in [1.165, 1.54) is 12.3 Å². The summed E-state index contributed by atoms with van der Waals surface area (Å²) in [6.07, 6.45) is 1.32. The van der Waals surface area contributed by atoms with Crippen molar-refractivity contribution in [3.8, 4) is 0 Å². The van der Waals surface area contributed by atoms with Crippen LogP contribution in [-0.2, 0) is 11.3 Å². The van der Waals surface area contributed by atoms with Crippen LogP contribution in [-0.4, -0.2) is 35.0 Å². The summed E-state index contributed by atoms with van der Waals surface area (Å²) in [4.78, 5) is 23.3. The van der Waals surface area contributed by atoms with Crippen LogP contribution in [0.1, 0.15) is 23.0 Å². The molecule has 6 nitrogen and oxygen atoms in total. The van der Waals surface area contributed by atoms with Gasteiger partial charge in [0.25, 0.3) is 0 Å². The first-order valence-corrected chi connectivity index (χ1v) is 4.85. The van der Waals surface area contributed by atoms with Gasteiger partial charge in [-0.05, 0) is 12.6 Å². The Morgan fingerprint density at radius 3 is 2.75 bits per heavy atom. The van der Waals surface area contributed by atoms with Crippen LogP contribution >= 0.6 is 0 Å². The van der Waals surface area contributed by atoms with Crippen molar-refractivity contribution in [1.82, 2.24) is 4.90 Å². The molecule has 88 valence electrons. The largest absolute Gasteiger partial charge is 0.478 e. The van der Waals surface area contributed by atoms with E-state index < -0.39 is 11.9 Å². The average Bonchev–Trinajstić information content (AvgIpc) is 2.64. The summed E-state index contributed by atoms with van der Waals surface area (Å²) < 4.78 is 5.07. The zero-order valence-corrected chi connectivity index (χ0v) is 8.97. The normalized spacial score (nSPS) is 10.6. The fourth-order valence-corrected chi connectivity index (χ4v) is 1.36. The molecular weight excluding hydrogens is 212 g/mol. The van der Waals surface area contributed by atoms with E-state index in [1.807, 2.05) is 6.92 Å². The topological polar surface area (TPSA) is 96.8 Å². The van der Waals surface area contributed by atoms with Gasteiger partial charge in [-0.1, -0.05) is 6.92 Å². The molecule has 0 radical (unpaired) electrons. The molecule has 0 aliphatic rings. The predicted molar refractivity (Wildman–Crippen MR) is 55.8 cm³/mol. The number of aromatic carboxylic acids is 1. The Balaban J connectivity index is 2.73. The summed E-state index contributed by atoms with van der Waals surface area (Å²) in [5, 5.41) is 8.85. The summed E-state index contributed by atoms with van der Waals surface area (Å²) in [6, 6.07) is 1.38. The lowest BCUT2D eigenvalue weighted by molar-refractivity contribution is -0.119. The molecule has 0 fully saturated rings. The summed E-state index contributed by atoms with van der Waals surface area (Å²) >= 11 is 0. The second kappa shape index (κ2) is 5.32. The van der Waals surface area contributed by atoms with Gasteiger partial charge in [0.2, 0.25) is 5.91 Å². The monoisotopic (exact) mass is 226 g/mol. The summed E-state index contributed by atoms with van der Waals surface area (Å²) in [7, 11) is 0. The van der Waals surface area contributed by atoms with Crippen LogP contribution in [0.3, 0.4) is 0 Å². The van der Waals surface area contributed by atoms with Crippen LogP contribution in [0.2, 0.25) is 0 Å². The van der Waals surface area contributed by atoms with Crippen molar-refractivity contribution < 1.29 is 19.1 Å². The molecule has 0 spiro atoms. The van der Waals surface area contributed by atoms with Crippen molar-refractivity contribution in [3.63, 3.8) is 0 Å². The van der Waals surface area contributed by atoms with E-state index in [0.29, 0.717) is 12.3 Å². The number of carbonyl (C=O) groups excluding carboxylic acids is 1. The Morgan fingerprint density at radius 2 is 2.25 bits per heavy atom. The van der Waals surface area contributed by atoms with Gasteiger partial charge >= 0.3 is 5.97 Å². The third-order valence-electron chi connectivity index (χ3n) is 2.17. The van der Waals surface area contributed by atoms with E-state index in [-0.39, 0.29) is 18.7 Å². The summed E-state index contributed by atoms with van der Waals surface area (Å²) in [5.74, 6) is -1.17. The summed E-state index contributed by atoms with van der Waals surface area (Å²) in [5.41, 5.74) is 5.18. The zero-order valence-electron chi connectivity index (χ0n) is 8.97. The molecule has 1 amide bonds. The molecule has 0 aliphatic carbocycles. The number of carboxylic acids is 1. The van der Waals surface area contributed by atoms with Crippen molar-refractivity contribution in [2.75, 3.05) is 13.1 Å². The molecule has 16 heavy (non-hydrogen) atoms. The second-order valence-corrected chi connectivity index (χ2v) is 3.33. The van der Waals surface area contributed by atoms with E-state index in [1.54, 1.807) is 4.90 Å². The van der Waals surface area contributed by atoms with Gasteiger partial charge in [-0.2, -0.15) is 0 Å². The van der Waals surface area contributed by atoms with E-state index >= 15 is 0 Å². The van der Waals surface area contributed by atoms with E-state index in [4.69, 9.17) is 15.3 Å². The lowest BCUT2D eigenvalue weighted by atomic mass is 10.2. The van der Waals surface area contributed by atoms with Crippen LogP contribution < -0.4 is 5.73 Å². The van der Waals surface area contributed by atoms with Gasteiger partial charge < -0.3 is 15.3 Å². The lowest BCUT2D eigenvalue weighted by Gasteiger charge is -2.16. The standard InChI is InChI=1S/C10H14N2O4/c1-2-12(6-9(11)13)5-8-7(10(14)15)3-4-16-8/h3-4H,2,5-6H2,1H3,(H2,11,13)(H,14,15). The van der Waals surface area contributed by atoms with Crippen molar-refractivity contribution in [1.29, 1.82) is 0 Å². The molecule has 0 bridgehead atoms. The maximum atomic E-state index is 10.8. The minimum absolute atomic E-state index is 0.0796. The maximum absolute atomic E-state index is 10.8. The van der Waals surface area contributed by atoms with Gasteiger partial charge in [0.15, 0.2) is 0 Å². The Morgan fingerprint density at radius 1 is 1.56 bits per heavy atom. The number of amides is 1. The van der Waals surface area contributed by atoms with Crippen molar-refractivity contribution in [3.05, 3.63) is 23.7 Å². The van der Waals surface area contributed by atoms with Crippen molar-refractivity contribution in [2.45, 2.75) is 13.5 Å². The first-order chi connectivity index (χ1) is 7.54. The predicted octanol–water partition coefficient (Wildman–Crippen LogP) is 0.285. The smallest absolute Gasteiger partial charge is 0.339 e. The quantitative estimate of drug-likeness (QED) is 0.726. The highest BCUT2D eigenvalue weighted by atomic mass is 16.4. The molecule has 6 heteroatoms. The molecule has 0 aliphatic heterocycles. The Labute approximate surface area is 92.6 Å². The van der Waals surface area contributed by atoms with E-state index in [2.05, 4.69) is 0 Å². The van der Waals surface area contributed by atoms with Crippen LogP contribution in [0.15, 0.2) is 16.7 Å². The zero-order chi connectivity index (χ0) is 12.1. The van der Waals surface area contributed by atoms with Crippen molar-refractivity contribution >= 4 is 11.9 Å². The fourth-order valence-electron chi connectivity index (χ4n) is 1.36. The molecule has 3 N–H and O–H groups in total. The molecule has 0 aromatic carbocycles. The first-order valence-electron chi connectivity index (χ1n) is 4.85. The van der Waals surface area contributed by atoms with Crippen LogP contribution in [0.25, 0.3) is 0 Å². The highest BCUT2D eigenvalue weighted by Gasteiger charge is 2.16.